The zero-order valence-corrected chi connectivity index (χ0v) is 5.54. The van der Waals surface area contributed by atoms with Crippen molar-refractivity contribution >= 4 is 0 Å². The Hall–Kier alpha value is 0.597. The number of hydrogen-bond donors (Lipinski definition) is 0. The summed E-state index contributed by atoms with van der Waals surface area (Å²) < 4.78 is 0. The van der Waals surface area contributed by atoms with E-state index in [1.54, 1.807) is 0 Å². The van der Waals surface area contributed by atoms with Crippen LogP contribution in [0.5, 0.6) is 0 Å². The van der Waals surface area contributed by atoms with Crippen molar-refractivity contribution in [2.24, 2.45) is 0 Å². The van der Waals surface area contributed by atoms with Gasteiger partial charge in [-0.2, -0.15) is 6.42 Å². The summed E-state index contributed by atoms with van der Waals surface area (Å²) in [5.74, 6) is 0. The van der Waals surface area contributed by atoms with Crippen LogP contribution >= 0.6 is 0 Å². The maximum absolute atomic E-state index is 3.72. The minimum Gasteiger partial charge on any atom is -0.343 e. The van der Waals surface area contributed by atoms with E-state index in [4.69, 9.17) is 0 Å². The van der Waals surface area contributed by atoms with Crippen molar-refractivity contribution in [3.05, 3.63) is 6.92 Å². The molecule has 0 aliphatic heterocycles. The van der Waals surface area contributed by atoms with Gasteiger partial charge in [0.25, 0.3) is 0 Å². The van der Waals surface area contributed by atoms with Crippen LogP contribution in [0.1, 0.15) is 32.6 Å². The van der Waals surface area contributed by atoms with Gasteiger partial charge in [-0.3, -0.25) is 0 Å². The molecule has 0 fully saturated rings. The molecule has 0 atom stereocenters. The van der Waals surface area contributed by atoms with Gasteiger partial charge in [-0.05, 0) is 0 Å². The Morgan fingerprint density at radius 3 is 2.00 bits per heavy atom. The monoisotopic (exact) mass is 92.1 g/mol. The fraction of sp³-hybridized carbons (Fsp3) is 0.833. The Bertz CT molecular complexity index is 16.1. The van der Waals surface area contributed by atoms with E-state index in [1.165, 1.54) is 19.3 Å². The van der Waals surface area contributed by atoms with Crippen molar-refractivity contribution in [1.29, 1.82) is 0 Å². The van der Waals surface area contributed by atoms with Gasteiger partial charge in [0, 0.05) is 0 Å². The summed E-state index contributed by atoms with van der Waals surface area (Å²) >= 11 is 0. The van der Waals surface area contributed by atoms with Gasteiger partial charge in [0.1, 0.15) is 0 Å². The van der Waals surface area contributed by atoms with E-state index in [2.05, 4.69) is 13.8 Å². The van der Waals surface area contributed by atoms with Crippen LogP contribution in [0.4, 0.5) is 0 Å². The smallest absolute Gasteiger partial charge is 0.343 e. The molecule has 0 spiro atoms. The van der Waals surface area contributed by atoms with Crippen LogP contribution in [0.2, 0.25) is 0 Å². The molecule has 0 radical (unpaired) electrons. The molecule has 0 amide bonds. The van der Waals surface area contributed by atoms with Crippen molar-refractivity contribution in [2.45, 2.75) is 32.6 Å². The summed E-state index contributed by atoms with van der Waals surface area (Å²) in [7, 11) is 0. The molecule has 7 heavy (non-hydrogen) atoms. The molecule has 0 rings (SSSR count). The second-order valence-corrected chi connectivity index (χ2v) is 1.56. The average molecular weight is 92.1 g/mol. The van der Waals surface area contributed by atoms with Crippen molar-refractivity contribution in [1.82, 2.24) is 0 Å². The molecule has 0 aromatic carbocycles. The standard InChI is InChI=1S/C6H13.Li/c1-3-5-6-4-2;/h1,3-6H2,2H3;/q-1;+1. The summed E-state index contributed by atoms with van der Waals surface area (Å²) in [6.07, 6.45) is 5.07. The first-order chi connectivity index (χ1) is 2.91. The molecule has 0 saturated carbocycles. The third-order valence-corrected chi connectivity index (χ3v) is 0.854. The number of unbranched alkanes of at least 4 members (excludes halogenated alkanes) is 3. The second-order valence-electron chi connectivity index (χ2n) is 1.56. The molecule has 0 nitrogen and oxygen atoms in total. The van der Waals surface area contributed by atoms with E-state index in [1.807, 2.05) is 0 Å². The molecule has 0 aromatic heterocycles. The molecule has 0 unspecified atom stereocenters. The largest absolute Gasteiger partial charge is 1.00 e. The Balaban J connectivity index is 0. The normalized spacial score (nSPS) is 7.71. The minimum atomic E-state index is 0. The van der Waals surface area contributed by atoms with Crippen molar-refractivity contribution in [3.8, 4) is 0 Å². The van der Waals surface area contributed by atoms with Crippen molar-refractivity contribution in [2.75, 3.05) is 0 Å². The average Bonchev–Trinajstić information content (AvgIpc) is 1.61. The molecule has 0 aliphatic rings. The van der Waals surface area contributed by atoms with E-state index in [9.17, 15) is 0 Å². The zero-order valence-electron chi connectivity index (χ0n) is 5.54. The summed E-state index contributed by atoms with van der Waals surface area (Å²) in [5, 5.41) is 0. The van der Waals surface area contributed by atoms with Crippen LogP contribution in [0.3, 0.4) is 0 Å². The molecular formula is C6H13Li. The Morgan fingerprint density at radius 2 is 1.86 bits per heavy atom. The van der Waals surface area contributed by atoms with Gasteiger partial charge < -0.3 is 6.92 Å². The molecule has 0 aliphatic carbocycles. The number of rotatable bonds is 3. The Morgan fingerprint density at radius 1 is 1.29 bits per heavy atom. The summed E-state index contributed by atoms with van der Waals surface area (Å²) in [6, 6.07) is 0. The first-order valence-corrected chi connectivity index (χ1v) is 2.71. The van der Waals surface area contributed by atoms with E-state index < -0.39 is 0 Å². The molecule has 0 heterocycles. The predicted octanol–water partition coefficient (Wildman–Crippen LogP) is -0.595. The zero-order chi connectivity index (χ0) is 4.83. The van der Waals surface area contributed by atoms with E-state index >= 15 is 0 Å². The van der Waals surface area contributed by atoms with Gasteiger partial charge in [-0.15, -0.1) is 0 Å². The fourth-order valence-electron chi connectivity index (χ4n) is 0.427. The molecular weight excluding hydrogens is 79.0 g/mol. The van der Waals surface area contributed by atoms with Crippen LogP contribution in [0.25, 0.3) is 0 Å². The van der Waals surface area contributed by atoms with Crippen LogP contribution in [-0.2, 0) is 0 Å². The van der Waals surface area contributed by atoms with E-state index in [0.717, 1.165) is 6.42 Å². The van der Waals surface area contributed by atoms with Gasteiger partial charge in [0.15, 0.2) is 0 Å². The van der Waals surface area contributed by atoms with Crippen LogP contribution in [0, 0.1) is 6.92 Å². The summed E-state index contributed by atoms with van der Waals surface area (Å²) in [4.78, 5) is 0. The quantitative estimate of drug-likeness (QED) is 0.248. The first kappa shape index (κ1) is 10.6. The molecule has 0 bridgehead atoms. The van der Waals surface area contributed by atoms with E-state index in [0.29, 0.717) is 0 Å². The topological polar surface area (TPSA) is 0 Å². The maximum Gasteiger partial charge on any atom is 1.00 e. The SMILES string of the molecule is [CH2-]CCCCC.[Li+]. The van der Waals surface area contributed by atoms with E-state index in [-0.39, 0.29) is 18.9 Å². The second kappa shape index (κ2) is 9.78. The van der Waals surface area contributed by atoms with Gasteiger partial charge in [-0.25, -0.2) is 0 Å². The first-order valence-electron chi connectivity index (χ1n) is 2.71. The van der Waals surface area contributed by atoms with Gasteiger partial charge in [0.05, 0.1) is 0 Å². The third kappa shape index (κ3) is 10.8. The van der Waals surface area contributed by atoms with Gasteiger partial charge >= 0.3 is 18.9 Å². The Kier molecular flexibility index (Phi) is 14.7. The van der Waals surface area contributed by atoms with Gasteiger partial charge in [0.2, 0.25) is 0 Å². The van der Waals surface area contributed by atoms with Crippen LogP contribution in [-0.4, -0.2) is 0 Å². The molecule has 0 aromatic rings. The summed E-state index contributed by atoms with van der Waals surface area (Å²) in [5.41, 5.74) is 0. The van der Waals surface area contributed by atoms with Crippen molar-refractivity contribution in [3.63, 3.8) is 0 Å². The third-order valence-electron chi connectivity index (χ3n) is 0.854. The molecule has 0 N–H and O–H groups in total. The molecule has 1 heteroatoms. The minimum absolute atomic E-state index is 0. The maximum atomic E-state index is 3.72. The van der Waals surface area contributed by atoms with Gasteiger partial charge in [-0.1, -0.05) is 26.2 Å². The predicted molar refractivity (Wildman–Crippen MR) is 29.5 cm³/mol. The molecule has 38 valence electrons. The molecule has 0 saturated heterocycles. The van der Waals surface area contributed by atoms with Crippen molar-refractivity contribution < 1.29 is 18.9 Å². The Labute approximate surface area is 58.9 Å². The number of hydrogen-bond acceptors (Lipinski definition) is 0. The fourth-order valence-corrected chi connectivity index (χ4v) is 0.427. The van der Waals surface area contributed by atoms with Crippen LogP contribution in [0.15, 0.2) is 0 Å². The van der Waals surface area contributed by atoms with Crippen LogP contribution < -0.4 is 18.9 Å². The summed E-state index contributed by atoms with van der Waals surface area (Å²) in [6.45, 7) is 5.93.